The van der Waals surface area contributed by atoms with E-state index in [0.717, 1.165) is 35.6 Å². The molecule has 3 saturated heterocycles. The van der Waals surface area contributed by atoms with Crippen LogP contribution in [0.25, 0.3) is 22.1 Å². The largest absolute Gasteiger partial charge is 0.369 e. The first kappa shape index (κ1) is 42.8. The molecule has 19 heteroatoms. The van der Waals surface area contributed by atoms with E-state index in [4.69, 9.17) is 4.98 Å². The van der Waals surface area contributed by atoms with Gasteiger partial charge in [-0.1, -0.05) is 12.8 Å². The Morgan fingerprint density at radius 3 is 2.35 bits per heavy atom. The van der Waals surface area contributed by atoms with Crippen molar-refractivity contribution >= 4 is 61.2 Å². The van der Waals surface area contributed by atoms with E-state index in [1.54, 1.807) is 54.2 Å². The SMILES string of the molecule is Cc1cc(S(=O)(=O)N2CCC(N3CCC(F)(CN(C)c4ccc5c(c4F)n(C)c(=O)n5C4CCC(=O)NC4=O)CC3)CC2)ccc1Nc1ncc2ccc(=O)n(C3CCCC3)c2n1. The summed E-state index contributed by atoms with van der Waals surface area (Å²) >= 11 is 0. The zero-order chi connectivity index (χ0) is 44.4. The van der Waals surface area contributed by atoms with Crippen LogP contribution in [0.3, 0.4) is 0 Å². The van der Waals surface area contributed by atoms with Gasteiger partial charge in [-0.15, -0.1) is 0 Å². The van der Waals surface area contributed by atoms with Gasteiger partial charge in [0.15, 0.2) is 5.82 Å². The number of likely N-dealkylation sites (tertiary alicyclic amines) is 1. The molecular weight excluding hydrogens is 835 g/mol. The van der Waals surface area contributed by atoms with Crippen molar-refractivity contribution in [3.8, 4) is 0 Å². The number of hydrogen-bond donors (Lipinski definition) is 2. The van der Waals surface area contributed by atoms with Crippen LogP contribution in [0.5, 0.6) is 0 Å². The van der Waals surface area contributed by atoms with Crippen LogP contribution in [0.15, 0.2) is 63.1 Å². The lowest BCUT2D eigenvalue weighted by molar-refractivity contribution is -0.135. The summed E-state index contributed by atoms with van der Waals surface area (Å²) in [6.07, 6.45) is 7.52. The number of benzene rings is 2. The molecule has 0 radical (unpaired) electrons. The second-order valence-corrected chi connectivity index (χ2v) is 19.6. The summed E-state index contributed by atoms with van der Waals surface area (Å²) in [7, 11) is -0.760. The number of halogens is 2. The molecule has 6 heterocycles. The summed E-state index contributed by atoms with van der Waals surface area (Å²) in [4.78, 5) is 63.5. The van der Waals surface area contributed by atoms with Gasteiger partial charge in [0, 0.05) is 82.1 Å². The minimum atomic E-state index is -3.80. The summed E-state index contributed by atoms with van der Waals surface area (Å²) < 4.78 is 66.0. The van der Waals surface area contributed by atoms with Gasteiger partial charge in [-0.2, -0.15) is 9.29 Å². The molecule has 16 nitrogen and oxygen atoms in total. The summed E-state index contributed by atoms with van der Waals surface area (Å²) in [5.74, 6) is -1.42. The minimum absolute atomic E-state index is 0.00508. The molecular formula is C44H52F2N10O6S. The Morgan fingerprint density at radius 1 is 0.921 bits per heavy atom. The number of sulfonamides is 1. The Hall–Kier alpha value is -5.53. The molecule has 1 unspecified atom stereocenters. The Labute approximate surface area is 362 Å². The highest BCUT2D eigenvalue weighted by atomic mass is 32.2. The molecule has 3 aliphatic heterocycles. The number of alkyl halides is 1. The molecule has 63 heavy (non-hydrogen) atoms. The second kappa shape index (κ2) is 16.5. The number of rotatable bonds is 10. The monoisotopic (exact) mass is 886 g/mol. The fourth-order valence-corrected chi connectivity index (χ4v) is 11.7. The van der Waals surface area contributed by atoms with Gasteiger partial charge in [-0.25, -0.2) is 27.0 Å². The Bertz CT molecular complexity index is 2860. The van der Waals surface area contributed by atoms with E-state index in [0.29, 0.717) is 61.9 Å². The number of nitrogens with one attached hydrogen (secondary N) is 2. The average molecular weight is 887 g/mol. The predicted octanol–water partition coefficient (Wildman–Crippen LogP) is 4.82. The van der Waals surface area contributed by atoms with Crippen molar-refractivity contribution in [2.45, 2.75) is 99.8 Å². The molecule has 5 aromatic rings. The lowest BCUT2D eigenvalue weighted by Gasteiger charge is -2.44. The number of anilines is 3. The van der Waals surface area contributed by atoms with E-state index in [-0.39, 0.29) is 71.5 Å². The van der Waals surface area contributed by atoms with Crippen molar-refractivity contribution in [3.63, 3.8) is 0 Å². The van der Waals surface area contributed by atoms with E-state index in [9.17, 15) is 27.6 Å². The fourth-order valence-electron chi connectivity index (χ4n) is 10.2. The third-order valence-electron chi connectivity index (χ3n) is 13.7. The van der Waals surface area contributed by atoms with Crippen molar-refractivity contribution in [3.05, 3.63) is 80.9 Å². The van der Waals surface area contributed by atoms with Crippen molar-refractivity contribution in [1.29, 1.82) is 0 Å². The van der Waals surface area contributed by atoms with E-state index >= 15 is 8.78 Å². The third-order valence-corrected chi connectivity index (χ3v) is 15.6. The molecule has 2 N–H and O–H groups in total. The van der Waals surface area contributed by atoms with Crippen molar-refractivity contribution < 1.29 is 26.8 Å². The standard InChI is InChI=1S/C44H52F2N10O6S/c1-27-24-31(9-10-32(27)48-42-47-25-28-8-15-37(58)55(40(28)50-42)30-6-4-5-7-30)63(61,62)54-20-16-29(17-21-54)53-22-18-44(46,19-23-53)26-51(2)33-11-12-34-39(38(33)45)52(3)43(60)56(34)35-13-14-36(57)49-41(35)59/h8-12,15,24-25,29-30,35H,4-7,13-14,16-23,26H2,1-3H3,(H,47,48,50)(H,49,57,59). The van der Waals surface area contributed by atoms with Gasteiger partial charge >= 0.3 is 5.69 Å². The number of nitrogens with zero attached hydrogens (tertiary/aromatic N) is 8. The Kier molecular flexibility index (Phi) is 11.2. The number of aromatic nitrogens is 5. The summed E-state index contributed by atoms with van der Waals surface area (Å²) in [5, 5.41) is 6.25. The molecule has 1 atom stereocenters. The third kappa shape index (κ3) is 7.92. The Balaban J connectivity index is 0.804. The molecule has 0 bridgehead atoms. The van der Waals surface area contributed by atoms with E-state index in [1.807, 2.05) is 6.92 Å². The first-order valence-electron chi connectivity index (χ1n) is 21.8. The van der Waals surface area contributed by atoms with Crippen LogP contribution >= 0.6 is 0 Å². The fraction of sp³-hybridized carbons (Fsp3) is 0.500. The maximum atomic E-state index is 16.5. The number of aryl methyl sites for hydroxylation is 2. The van der Waals surface area contributed by atoms with Gasteiger partial charge in [-0.3, -0.25) is 33.4 Å². The highest BCUT2D eigenvalue weighted by Gasteiger charge is 2.40. The molecule has 2 amide bonds. The number of imide groups is 1. The minimum Gasteiger partial charge on any atom is -0.369 e. The normalized spacial score (nSPS) is 20.7. The second-order valence-electron chi connectivity index (χ2n) is 17.7. The van der Waals surface area contributed by atoms with Crippen LogP contribution in [-0.4, -0.2) is 105 Å². The van der Waals surface area contributed by atoms with E-state index in [1.165, 1.54) is 26.9 Å². The number of amides is 2. The first-order valence-corrected chi connectivity index (χ1v) is 23.2. The summed E-state index contributed by atoms with van der Waals surface area (Å²) in [5.41, 5.74) is -0.0246. The van der Waals surface area contributed by atoms with Crippen LogP contribution in [0.4, 0.5) is 26.1 Å². The van der Waals surface area contributed by atoms with E-state index < -0.39 is 45.1 Å². The van der Waals surface area contributed by atoms with Crippen LogP contribution < -0.4 is 26.8 Å². The van der Waals surface area contributed by atoms with Crippen molar-refractivity contribution in [2.24, 2.45) is 7.05 Å². The quantitative estimate of drug-likeness (QED) is 0.184. The number of piperidine rings is 3. The number of imidazole rings is 1. The Morgan fingerprint density at radius 2 is 1.65 bits per heavy atom. The van der Waals surface area contributed by atoms with Gasteiger partial charge in [0.25, 0.3) is 5.56 Å². The number of carbonyl (C=O) groups is 2. The zero-order valence-corrected chi connectivity index (χ0v) is 36.5. The average Bonchev–Trinajstić information content (AvgIpc) is 3.88. The predicted molar refractivity (Wildman–Crippen MR) is 234 cm³/mol. The lowest BCUT2D eigenvalue weighted by atomic mass is 9.90. The van der Waals surface area contributed by atoms with Crippen LogP contribution in [0.1, 0.15) is 81.9 Å². The molecule has 1 aliphatic carbocycles. The van der Waals surface area contributed by atoms with Crippen molar-refractivity contribution in [1.82, 2.24) is 38.2 Å². The van der Waals surface area contributed by atoms with Crippen LogP contribution in [0, 0.1) is 12.7 Å². The molecule has 0 spiro atoms. The van der Waals surface area contributed by atoms with Crippen LogP contribution in [-0.2, 0) is 26.7 Å². The van der Waals surface area contributed by atoms with Gasteiger partial charge in [-0.05, 0) is 93.8 Å². The van der Waals surface area contributed by atoms with Crippen molar-refractivity contribution in [2.75, 3.05) is 50.0 Å². The van der Waals surface area contributed by atoms with Gasteiger partial charge < -0.3 is 15.1 Å². The molecule has 2 aromatic carbocycles. The maximum absolute atomic E-state index is 16.5. The highest BCUT2D eigenvalue weighted by Crippen LogP contribution is 2.36. The first-order chi connectivity index (χ1) is 30.1. The lowest BCUT2D eigenvalue weighted by Crippen LogP contribution is -2.53. The molecule has 9 rings (SSSR count). The number of carbonyl (C=O) groups excluding carboxylic acids is 2. The topological polar surface area (TPSA) is 177 Å². The number of hydrogen-bond acceptors (Lipinski definition) is 11. The summed E-state index contributed by atoms with van der Waals surface area (Å²) in [6.45, 7) is 3.35. The van der Waals surface area contributed by atoms with Gasteiger partial charge in [0.05, 0.1) is 22.6 Å². The van der Waals surface area contributed by atoms with Gasteiger partial charge in [0.1, 0.15) is 22.9 Å². The molecule has 1 saturated carbocycles. The molecule has 4 fully saturated rings. The summed E-state index contributed by atoms with van der Waals surface area (Å²) in [6, 6.07) is 10.5. The molecule has 4 aliphatic rings. The zero-order valence-electron chi connectivity index (χ0n) is 35.6. The smallest absolute Gasteiger partial charge is 0.329 e. The number of pyridine rings is 1. The molecule has 3 aromatic heterocycles. The molecule has 334 valence electrons. The number of fused-ring (bicyclic) bond motifs is 2. The van der Waals surface area contributed by atoms with Crippen LogP contribution in [0.2, 0.25) is 0 Å². The van der Waals surface area contributed by atoms with Gasteiger partial charge in [0.2, 0.25) is 27.8 Å². The van der Waals surface area contributed by atoms with E-state index in [2.05, 4.69) is 20.5 Å². The highest BCUT2D eigenvalue weighted by molar-refractivity contribution is 7.89. The maximum Gasteiger partial charge on any atom is 0.329 e.